The molecule has 140 valence electrons. The Bertz CT molecular complexity index is 982. The standard InChI is InChI=1S/C20H22BClN2O3/c1-19(2)20(3,4)27-21(26-19)14-6-8-15(9-7-14)24-12-13-10-16(25-5)11-17(22)18(13)23-24/h6-12H,1-5H3. The Balaban J connectivity index is 1.63. The fourth-order valence-corrected chi connectivity index (χ4v) is 3.33. The summed E-state index contributed by atoms with van der Waals surface area (Å²) < 4.78 is 19.3. The fraction of sp³-hybridized carbons (Fsp3) is 0.350. The first-order valence-corrected chi connectivity index (χ1v) is 9.27. The summed E-state index contributed by atoms with van der Waals surface area (Å²) in [5, 5.41) is 6.09. The van der Waals surface area contributed by atoms with E-state index in [1.165, 1.54) is 0 Å². The Morgan fingerprint density at radius 3 is 2.26 bits per heavy atom. The van der Waals surface area contributed by atoms with Crippen LogP contribution in [0.4, 0.5) is 0 Å². The zero-order valence-electron chi connectivity index (χ0n) is 16.1. The van der Waals surface area contributed by atoms with Gasteiger partial charge in [0.05, 0.1) is 29.0 Å². The van der Waals surface area contributed by atoms with Crippen LogP contribution in [0.2, 0.25) is 5.02 Å². The molecule has 0 spiro atoms. The smallest absolute Gasteiger partial charge is 0.494 e. The van der Waals surface area contributed by atoms with E-state index in [9.17, 15) is 0 Å². The zero-order chi connectivity index (χ0) is 19.4. The third kappa shape index (κ3) is 3.12. The maximum absolute atomic E-state index is 6.32. The lowest BCUT2D eigenvalue weighted by atomic mass is 9.79. The van der Waals surface area contributed by atoms with Crippen molar-refractivity contribution < 1.29 is 14.0 Å². The second-order valence-corrected chi connectivity index (χ2v) is 8.21. The summed E-state index contributed by atoms with van der Waals surface area (Å²) in [4.78, 5) is 0. The Labute approximate surface area is 164 Å². The van der Waals surface area contributed by atoms with Gasteiger partial charge in [-0.25, -0.2) is 4.68 Å². The lowest BCUT2D eigenvalue weighted by molar-refractivity contribution is 0.00578. The minimum absolute atomic E-state index is 0.355. The molecule has 4 rings (SSSR count). The number of ether oxygens (including phenoxy) is 1. The largest absolute Gasteiger partial charge is 0.497 e. The van der Waals surface area contributed by atoms with Gasteiger partial charge in [-0.05, 0) is 51.4 Å². The van der Waals surface area contributed by atoms with Crippen molar-refractivity contribution in [2.24, 2.45) is 0 Å². The van der Waals surface area contributed by atoms with E-state index in [2.05, 4.69) is 32.8 Å². The molecule has 0 bridgehead atoms. The Hall–Kier alpha value is -2.02. The van der Waals surface area contributed by atoms with E-state index >= 15 is 0 Å². The van der Waals surface area contributed by atoms with Crippen LogP contribution < -0.4 is 10.2 Å². The summed E-state index contributed by atoms with van der Waals surface area (Å²) in [5.74, 6) is 0.711. The maximum Gasteiger partial charge on any atom is 0.494 e. The minimum Gasteiger partial charge on any atom is -0.497 e. The number of rotatable bonds is 3. The highest BCUT2D eigenvalue weighted by Gasteiger charge is 2.51. The number of aromatic nitrogens is 2. The highest BCUT2D eigenvalue weighted by atomic mass is 35.5. The van der Waals surface area contributed by atoms with Gasteiger partial charge in [-0.2, -0.15) is 5.10 Å². The average Bonchev–Trinajstić information content (AvgIpc) is 3.14. The van der Waals surface area contributed by atoms with Crippen molar-refractivity contribution in [1.29, 1.82) is 0 Å². The molecular weight excluding hydrogens is 362 g/mol. The van der Waals surface area contributed by atoms with Crippen LogP contribution in [0.3, 0.4) is 0 Å². The van der Waals surface area contributed by atoms with E-state index in [1.54, 1.807) is 13.2 Å². The molecule has 2 aromatic carbocycles. The number of hydrogen-bond acceptors (Lipinski definition) is 4. The molecule has 1 fully saturated rings. The first-order valence-electron chi connectivity index (χ1n) is 8.89. The average molecular weight is 385 g/mol. The van der Waals surface area contributed by atoms with E-state index in [1.807, 2.05) is 41.2 Å². The molecule has 0 N–H and O–H groups in total. The summed E-state index contributed by atoms with van der Waals surface area (Å²) in [7, 11) is 1.25. The Morgan fingerprint density at radius 1 is 1.04 bits per heavy atom. The predicted molar refractivity (Wildman–Crippen MR) is 108 cm³/mol. The molecule has 1 aromatic heterocycles. The molecule has 0 atom stereocenters. The number of fused-ring (bicyclic) bond motifs is 1. The number of benzene rings is 2. The van der Waals surface area contributed by atoms with E-state index in [0.717, 1.165) is 22.1 Å². The SMILES string of the molecule is COc1cc(Cl)c2nn(-c3ccc(B4OC(C)(C)C(C)(C)O4)cc3)cc2c1. The summed E-state index contributed by atoms with van der Waals surface area (Å²) in [6.45, 7) is 8.20. The number of nitrogens with zero attached hydrogens (tertiary/aromatic N) is 2. The molecule has 3 aromatic rings. The van der Waals surface area contributed by atoms with Crippen molar-refractivity contribution in [3.05, 3.63) is 47.6 Å². The van der Waals surface area contributed by atoms with E-state index in [0.29, 0.717) is 10.8 Å². The van der Waals surface area contributed by atoms with Gasteiger partial charge in [0.25, 0.3) is 0 Å². The van der Waals surface area contributed by atoms with Gasteiger partial charge in [-0.15, -0.1) is 0 Å². The molecule has 0 unspecified atom stereocenters. The quantitative estimate of drug-likeness (QED) is 0.641. The molecule has 1 aliphatic rings. The maximum atomic E-state index is 6.32. The molecule has 0 radical (unpaired) electrons. The zero-order valence-corrected chi connectivity index (χ0v) is 16.9. The molecule has 0 aliphatic carbocycles. The number of hydrogen-bond donors (Lipinski definition) is 0. The van der Waals surface area contributed by atoms with Gasteiger partial charge in [-0.1, -0.05) is 23.7 Å². The molecule has 0 amide bonds. The third-order valence-electron chi connectivity index (χ3n) is 5.45. The van der Waals surface area contributed by atoms with Crippen LogP contribution in [0.5, 0.6) is 5.75 Å². The first-order chi connectivity index (χ1) is 12.7. The fourth-order valence-electron chi connectivity index (χ4n) is 3.08. The molecule has 7 heteroatoms. The van der Waals surface area contributed by atoms with Crippen LogP contribution in [0, 0.1) is 0 Å². The van der Waals surface area contributed by atoms with Gasteiger partial charge in [0.2, 0.25) is 0 Å². The highest BCUT2D eigenvalue weighted by Crippen LogP contribution is 2.36. The second-order valence-electron chi connectivity index (χ2n) is 7.80. The van der Waals surface area contributed by atoms with Gasteiger partial charge < -0.3 is 14.0 Å². The molecular formula is C20H22BClN2O3. The molecule has 0 saturated carbocycles. The molecule has 1 aliphatic heterocycles. The number of halogens is 1. The summed E-state index contributed by atoms with van der Waals surface area (Å²) in [6, 6.07) is 11.7. The van der Waals surface area contributed by atoms with Crippen LogP contribution in [-0.2, 0) is 9.31 Å². The van der Waals surface area contributed by atoms with Crippen LogP contribution in [0.15, 0.2) is 42.6 Å². The summed E-state index contributed by atoms with van der Waals surface area (Å²) in [5.41, 5.74) is 1.94. The topological polar surface area (TPSA) is 45.5 Å². The van der Waals surface area contributed by atoms with Crippen molar-refractivity contribution in [2.45, 2.75) is 38.9 Å². The van der Waals surface area contributed by atoms with Crippen LogP contribution in [0.1, 0.15) is 27.7 Å². The van der Waals surface area contributed by atoms with Gasteiger partial charge in [-0.3, -0.25) is 0 Å². The van der Waals surface area contributed by atoms with Gasteiger partial charge in [0, 0.05) is 17.6 Å². The van der Waals surface area contributed by atoms with Crippen LogP contribution in [0.25, 0.3) is 16.6 Å². The van der Waals surface area contributed by atoms with Gasteiger partial charge >= 0.3 is 7.12 Å². The second kappa shape index (κ2) is 6.26. The lowest BCUT2D eigenvalue weighted by Gasteiger charge is -2.32. The van der Waals surface area contributed by atoms with Crippen molar-refractivity contribution in [3.8, 4) is 11.4 Å². The Morgan fingerprint density at radius 2 is 1.67 bits per heavy atom. The molecule has 27 heavy (non-hydrogen) atoms. The van der Waals surface area contributed by atoms with Crippen molar-refractivity contribution >= 4 is 35.1 Å². The van der Waals surface area contributed by atoms with Gasteiger partial charge in [0.1, 0.15) is 11.3 Å². The highest BCUT2D eigenvalue weighted by molar-refractivity contribution is 6.62. The van der Waals surface area contributed by atoms with Crippen LogP contribution >= 0.6 is 11.6 Å². The molecule has 2 heterocycles. The third-order valence-corrected chi connectivity index (χ3v) is 5.74. The summed E-state index contributed by atoms with van der Waals surface area (Å²) >= 11 is 6.32. The normalized spacial score (nSPS) is 18.2. The van der Waals surface area contributed by atoms with Crippen molar-refractivity contribution in [2.75, 3.05) is 7.11 Å². The molecule has 1 saturated heterocycles. The number of methoxy groups -OCH3 is 1. The monoisotopic (exact) mass is 384 g/mol. The minimum atomic E-state index is -0.376. The van der Waals surface area contributed by atoms with Gasteiger partial charge in [0.15, 0.2) is 0 Å². The van der Waals surface area contributed by atoms with E-state index in [4.69, 9.17) is 25.6 Å². The Kier molecular flexibility index (Phi) is 4.26. The predicted octanol–water partition coefficient (Wildman–Crippen LogP) is 3.99. The van der Waals surface area contributed by atoms with Crippen molar-refractivity contribution in [1.82, 2.24) is 9.78 Å². The first kappa shape index (κ1) is 18.4. The van der Waals surface area contributed by atoms with E-state index in [-0.39, 0.29) is 18.3 Å². The molecule has 5 nitrogen and oxygen atoms in total. The van der Waals surface area contributed by atoms with E-state index < -0.39 is 0 Å². The lowest BCUT2D eigenvalue weighted by Crippen LogP contribution is -2.41. The van der Waals surface area contributed by atoms with Crippen LogP contribution in [-0.4, -0.2) is 35.2 Å². The van der Waals surface area contributed by atoms with Crippen molar-refractivity contribution in [3.63, 3.8) is 0 Å². The summed E-state index contributed by atoms with van der Waals surface area (Å²) in [6.07, 6.45) is 1.94.